The summed E-state index contributed by atoms with van der Waals surface area (Å²) >= 11 is 0. The van der Waals surface area contributed by atoms with Gasteiger partial charge in [-0.15, -0.1) is 0 Å². The van der Waals surface area contributed by atoms with E-state index < -0.39 is 6.23 Å². The molecule has 0 saturated carbocycles. The Morgan fingerprint density at radius 1 is 1.12 bits per heavy atom. The average Bonchev–Trinajstić information content (AvgIpc) is 3.25. The Morgan fingerprint density at radius 2 is 1.94 bits per heavy atom. The van der Waals surface area contributed by atoms with Gasteiger partial charge in [0.15, 0.2) is 0 Å². The molecule has 1 fully saturated rings. The van der Waals surface area contributed by atoms with E-state index in [4.69, 9.17) is 9.72 Å². The molecule has 1 saturated heterocycles. The number of aryl methyl sites for hydroxylation is 2. The number of aromatic nitrogens is 3. The van der Waals surface area contributed by atoms with Gasteiger partial charge in [-0.2, -0.15) is 0 Å². The molecule has 2 aromatic heterocycles. The van der Waals surface area contributed by atoms with Crippen molar-refractivity contribution in [2.75, 3.05) is 6.54 Å². The Hall–Kier alpha value is -3.48. The van der Waals surface area contributed by atoms with Crippen molar-refractivity contribution >= 4 is 5.52 Å². The molecule has 1 N–H and O–H groups in total. The number of imidazole rings is 1. The summed E-state index contributed by atoms with van der Waals surface area (Å²) in [7, 11) is 0. The van der Waals surface area contributed by atoms with Gasteiger partial charge in [0.05, 0.1) is 22.9 Å². The number of rotatable bonds is 6. The van der Waals surface area contributed by atoms with E-state index >= 15 is 0 Å². The van der Waals surface area contributed by atoms with Crippen molar-refractivity contribution in [1.82, 2.24) is 19.3 Å². The fourth-order valence-corrected chi connectivity index (χ4v) is 4.83. The average molecular weight is 455 g/mol. The molecule has 1 unspecified atom stereocenters. The second-order valence-electron chi connectivity index (χ2n) is 8.89. The molecule has 0 spiro atoms. The molecule has 4 aromatic rings. The topological polar surface area (TPSA) is 62.9 Å². The highest BCUT2D eigenvalue weighted by molar-refractivity contribution is 5.79. The van der Waals surface area contributed by atoms with Crippen molar-refractivity contribution < 1.29 is 9.84 Å². The van der Waals surface area contributed by atoms with Crippen LogP contribution in [0, 0.1) is 13.8 Å². The molecule has 174 valence electrons. The number of ether oxygens (including phenoxy) is 1. The minimum Gasteiger partial charge on any atom is -0.457 e. The zero-order chi connectivity index (χ0) is 23.7. The Balaban J connectivity index is 1.53. The van der Waals surface area contributed by atoms with Crippen LogP contribution in [0.4, 0.5) is 0 Å². The third kappa shape index (κ3) is 4.22. The van der Waals surface area contributed by atoms with Crippen LogP contribution in [0.25, 0.3) is 16.8 Å². The largest absolute Gasteiger partial charge is 0.457 e. The van der Waals surface area contributed by atoms with Crippen LogP contribution in [-0.2, 0) is 0 Å². The molecule has 2 aromatic carbocycles. The maximum atomic E-state index is 10.6. The number of hydrogen-bond acceptors (Lipinski definition) is 5. The number of nitrogens with zero attached hydrogens (tertiary/aromatic N) is 4. The third-order valence-corrected chi connectivity index (χ3v) is 6.51. The molecule has 0 bridgehead atoms. The van der Waals surface area contributed by atoms with Crippen LogP contribution in [0.2, 0.25) is 0 Å². The quantitative estimate of drug-likeness (QED) is 0.371. The molecule has 1 aliphatic heterocycles. The Bertz CT molecular complexity index is 1310. The number of benzene rings is 2. The fourth-order valence-electron chi connectivity index (χ4n) is 4.83. The van der Waals surface area contributed by atoms with Gasteiger partial charge in [-0.05, 0) is 74.7 Å². The lowest BCUT2D eigenvalue weighted by molar-refractivity contribution is -0.0128. The summed E-state index contributed by atoms with van der Waals surface area (Å²) in [5.41, 5.74) is 4.96. The molecule has 34 heavy (non-hydrogen) atoms. The Morgan fingerprint density at radius 3 is 2.71 bits per heavy atom. The summed E-state index contributed by atoms with van der Waals surface area (Å²) in [4.78, 5) is 11.8. The van der Waals surface area contributed by atoms with Gasteiger partial charge in [0.25, 0.3) is 0 Å². The lowest BCUT2D eigenvalue weighted by Crippen LogP contribution is -2.41. The van der Waals surface area contributed by atoms with Crippen LogP contribution in [0.3, 0.4) is 0 Å². The van der Waals surface area contributed by atoms with Gasteiger partial charge >= 0.3 is 0 Å². The minimum atomic E-state index is -0.693. The van der Waals surface area contributed by atoms with Crippen LogP contribution in [0.5, 0.6) is 11.5 Å². The predicted molar refractivity (Wildman–Crippen MR) is 134 cm³/mol. The van der Waals surface area contributed by atoms with Crippen LogP contribution in [0.15, 0.2) is 73.6 Å². The number of piperidine rings is 1. The van der Waals surface area contributed by atoms with Crippen molar-refractivity contribution in [1.29, 1.82) is 0 Å². The minimum absolute atomic E-state index is 0.00808. The lowest BCUT2D eigenvalue weighted by Gasteiger charge is -2.37. The van der Waals surface area contributed by atoms with E-state index in [0.29, 0.717) is 0 Å². The van der Waals surface area contributed by atoms with Crippen molar-refractivity contribution in [2.45, 2.75) is 45.4 Å². The molecular weight excluding hydrogens is 424 g/mol. The number of fused-ring (bicyclic) bond motifs is 1. The van der Waals surface area contributed by atoms with Crippen LogP contribution in [0.1, 0.15) is 42.4 Å². The maximum absolute atomic E-state index is 10.6. The summed E-state index contributed by atoms with van der Waals surface area (Å²) in [6, 6.07) is 16.1. The third-order valence-electron chi connectivity index (χ3n) is 6.51. The first kappa shape index (κ1) is 22.3. The second kappa shape index (κ2) is 9.41. The lowest BCUT2D eigenvalue weighted by atomic mass is 10.0. The van der Waals surface area contributed by atoms with E-state index in [9.17, 15) is 5.11 Å². The Kier molecular flexibility index (Phi) is 6.18. The number of aliphatic hydroxyl groups excluding tert-OH is 1. The van der Waals surface area contributed by atoms with Gasteiger partial charge in [0.1, 0.15) is 23.6 Å². The van der Waals surface area contributed by atoms with Gasteiger partial charge in [-0.1, -0.05) is 25.1 Å². The van der Waals surface area contributed by atoms with Crippen molar-refractivity contribution in [3.05, 3.63) is 90.7 Å². The number of hydrogen-bond donors (Lipinski definition) is 1. The van der Waals surface area contributed by atoms with Crippen LogP contribution in [-0.4, -0.2) is 37.1 Å². The highest BCUT2D eigenvalue weighted by Crippen LogP contribution is 2.36. The standard InChI is InChI=1S/C28H30N4O2/c1-4-25(33)31-16-6-5-10-24(31)28-30-26(27-20(3)29-15-17-32(27)28)21-11-13-22(14-12-21)34-23-9-7-8-19(2)18-23/h4,7-9,11-15,17-18,24-25,33H,1,5-6,10,16H2,2-3H3/t24-,25?/m0/s1. The van der Waals surface area contributed by atoms with Crippen molar-refractivity contribution in [2.24, 2.45) is 0 Å². The molecule has 0 aliphatic carbocycles. The fraction of sp³-hybridized carbons (Fsp3) is 0.286. The first-order valence-corrected chi connectivity index (χ1v) is 11.8. The van der Waals surface area contributed by atoms with Crippen LogP contribution >= 0.6 is 0 Å². The molecule has 2 atom stereocenters. The van der Waals surface area contributed by atoms with Crippen molar-refractivity contribution in [3.8, 4) is 22.8 Å². The SMILES string of the molecule is C=CC(O)N1CCCC[C@H]1c1nc(-c2ccc(Oc3cccc(C)c3)cc2)c2c(C)nccn12. The first-order valence-electron chi connectivity index (χ1n) is 11.8. The van der Waals surface area contributed by atoms with E-state index in [1.165, 1.54) is 0 Å². The van der Waals surface area contributed by atoms with Gasteiger partial charge in [0, 0.05) is 24.5 Å². The van der Waals surface area contributed by atoms with E-state index in [2.05, 4.69) is 33.9 Å². The van der Waals surface area contributed by atoms with E-state index in [0.717, 1.165) is 71.2 Å². The number of aliphatic hydroxyl groups is 1. The van der Waals surface area contributed by atoms with Gasteiger partial charge in [-0.25, -0.2) is 4.98 Å². The maximum Gasteiger partial charge on any atom is 0.131 e. The summed E-state index contributed by atoms with van der Waals surface area (Å²) in [6.45, 7) is 8.67. The monoisotopic (exact) mass is 454 g/mol. The molecular formula is C28H30N4O2. The van der Waals surface area contributed by atoms with Crippen LogP contribution < -0.4 is 4.74 Å². The molecule has 6 nitrogen and oxygen atoms in total. The van der Waals surface area contributed by atoms with Crippen molar-refractivity contribution in [3.63, 3.8) is 0 Å². The molecule has 0 amide bonds. The number of likely N-dealkylation sites (tertiary alicyclic amines) is 1. The highest BCUT2D eigenvalue weighted by atomic mass is 16.5. The van der Waals surface area contributed by atoms with Gasteiger partial charge in [-0.3, -0.25) is 14.3 Å². The second-order valence-corrected chi connectivity index (χ2v) is 8.89. The Labute approximate surface area is 200 Å². The van der Waals surface area contributed by atoms with E-state index in [1.807, 2.05) is 61.8 Å². The molecule has 1 aliphatic rings. The summed E-state index contributed by atoms with van der Waals surface area (Å²) in [5, 5.41) is 10.6. The van der Waals surface area contributed by atoms with E-state index in [-0.39, 0.29) is 6.04 Å². The highest BCUT2D eigenvalue weighted by Gasteiger charge is 2.32. The smallest absolute Gasteiger partial charge is 0.131 e. The summed E-state index contributed by atoms with van der Waals surface area (Å²) < 4.78 is 8.17. The summed E-state index contributed by atoms with van der Waals surface area (Å²) in [5.74, 6) is 2.53. The first-order chi connectivity index (χ1) is 16.5. The normalized spacial score (nSPS) is 17.6. The predicted octanol–water partition coefficient (Wildman–Crippen LogP) is 5.84. The zero-order valence-corrected chi connectivity index (χ0v) is 19.7. The zero-order valence-electron chi connectivity index (χ0n) is 19.7. The molecule has 6 heteroatoms. The molecule has 5 rings (SSSR count). The molecule has 3 heterocycles. The van der Waals surface area contributed by atoms with Gasteiger partial charge in [0.2, 0.25) is 0 Å². The van der Waals surface area contributed by atoms with Gasteiger partial charge < -0.3 is 9.84 Å². The van der Waals surface area contributed by atoms with E-state index in [1.54, 1.807) is 6.08 Å². The molecule has 0 radical (unpaired) electrons. The summed E-state index contributed by atoms with van der Waals surface area (Å²) in [6.07, 6.45) is 7.78.